The second kappa shape index (κ2) is 7.12. The number of rotatable bonds is 7. The van der Waals surface area contributed by atoms with Gasteiger partial charge in [0, 0.05) is 11.9 Å². The van der Waals surface area contributed by atoms with Crippen molar-refractivity contribution in [1.29, 1.82) is 0 Å². The fraction of sp³-hybridized carbons (Fsp3) is 0.538. The van der Waals surface area contributed by atoms with Gasteiger partial charge in [-0.2, -0.15) is 0 Å². The van der Waals surface area contributed by atoms with Crippen molar-refractivity contribution in [3.63, 3.8) is 0 Å². The monoisotopic (exact) mass is 289 g/mol. The van der Waals surface area contributed by atoms with Crippen molar-refractivity contribution >= 4 is 21.6 Å². The molecule has 0 aromatic heterocycles. The van der Waals surface area contributed by atoms with Crippen LogP contribution in [0.2, 0.25) is 0 Å². The number of halogens is 1. The molecule has 3 nitrogen and oxygen atoms in total. The van der Waals surface area contributed by atoms with E-state index in [1.807, 2.05) is 26.0 Å². The second-order valence-corrected chi connectivity index (χ2v) is 6.31. The van der Waals surface area contributed by atoms with Crippen LogP contribution in [0.25, 0.3) is 0 Å². The van der Waals surface area contributed by atoms with Crippen molar-refractivity contribution < 1.29 is 8.42 Å². The van der Waals surface area contributed by atoms with Crippen LogP contribution >= 0.6 is 11.6 Å². The highest BCUT2D eigenvalue weighted by Gasteiger charge is 2.17. The van der Waals surface area contributed by atoms with E-state index in [9.17, 15) is 8.42 Å². The Morgan fingerprint density at radius 3 is 2.17 bits per heavy atom. The molecule has 0 aliphatic carbocycles. The largest absolute Gasteiger partial charge is 0.240 e. The fourth-order valence-electron chi connectivity index (χ4n) is 1.69. The van der Waals surface area contributed by atoms with Crippen LogP contribution in [0.3, 0.4) is 0 Å². The Bertz CT molecular complexity index is 452. The van der Waals surface area contributed by atoms with Crippen molar-refractivity contribution in [1.82, 2.24) is 4.72 Å². The van der Waals surface area contributed by atoms with Gasteiger partial charge in [0.25, 0.3) is 0 Å². The first-order valence-electron chi connectivity index (χ1n) is 6.20. The topological polar surface area (TPSA) is 46.2 Å². The molecule has 1 aromatic rings. The van der Waals surface area contributed by atoms with Crippen LogP contribution < -0.4 is 4.72 Å². The number of sulfonamides is 1. The van der Waals surface area contributed by atoms with Gasteiger partial charge in [-0.15, -0.1) is 11.6 Å². The minimum Gasteiger partial charge on any atom is -0.208 e. The summed E-state index contributed by atoms with van der Waals surface area (Å²) >= 11 is 5.64. The summed E-state index contributed by atoms with van der Waals surface area (Å²) in [7, 11) is -3.40. The summed E-state index contributed by atoms with van der Waals surface area (Å²) in [6.45, 7) is 3.94. The molecule has 1 rings (SSSR count). The van der Waals surface area contributed by atoms with Crippen molar-refractivity contribution in [3.05, 3.63) is 29.8 Å². The fourth-order valence-corrected chi connectivity index (χ4v) is 3.31. The number of benzene rings is 1. The molecule has 0 saturated carbocycles. The molecule has 5 heteroatoms. The van der Waals surface area contributed by atoms with Gasteiger partial charge in [-0.3, -0.25) is 0 Å². The van der Waals surface area contributed by atoms with E-state index in [4.69, 9.17) is 11.6 Å². The Morgan fingerprint density at radius 2 is 1.72 bits per heavy atom. The summed E-state index contributed by atoms with van der Waals surface area (Å²) in [5.74, 6) is 0.540. The number of hydrogen-bond acceptors (Lipinski definition) is 2. The van der Waals surface area contributed by atoms with Crippen molar-refractivity contribution in [2.45, 2.75) is 44.0 Å². The zero-order valence-electron chi connectivity index (χ0n) is 10.8. The molecule has 0 aliphatic rings. The Kier molecular flexibility index (Phi) is 6.12. The van der Waals surface area contributed by atoms with Crippen LogP contribution in [0.5, 0.6) is 0 Å². The summed E-state index contributed by atoms with van der Waals surface area (Å²) < 4.78 is 26.9. The summed E-state index contributed by atoms with van der Waals surface area (Å²) in [4.78, 5) is 0.313. The maximum Gasteiger partial charge on any atom is 0.240 e. The molecule has 0 amide bonds. The highest BCUT2D eigenvalue weighted by molar-refractivity contribution is 7.89. The Morgan fingerprint density at radius 1 is 1.17 bits per heavy atom. The van der Waals surface area contributed by atoms with Gasteiger partial charge in [-0.25, -0.2) is 13.1 Å². The SMILES string of the molecule is CCC(CC)NS(=O)(=O)c1ccc(CCCl)cc1. The van der Waals surface area contributed by atoms with Crippen LogP contribution in [0, 0.1) is 0 Å². The van der Waals surface area contributed by atoms with Gasteiger partial charge in [0.1, 0.15) is 0 Å². The Hall–Kier alpha value is -0.580. The predicted octanol–water partition coefficient (Wildman–Crippen LogP) is 2.93. The number of aryl methyl sites for hydroxylation is 1. The standard InChI is InChI=1S/C13H20ClNO2S/c1-3-12(4-2)15-18(16,17)13-7-5-11(6-8-13)9-10-14/h5-8,12,15H,3-4,9-10H2,1-2H3. The molecule has 0 saturated heterocycles. The van der Waals surface area contributed by atoms with Crippen LogP contribution in [0.1, 0.15) is 32.3 Å². The number of hydrogen-bond donors (Lipinski definition) is 1. The Labute approximate surface area is 115 Å². The maximum absolute atomic E-state index is 12.1. The third-order valence-electron chi connectivity index (χ3n) is 2.92. The van der Waals surface area contributed by atoms with E-state index >= 15 is 0 Å². The summed E-state index contributed by atoms with van der Waals surface area (Å²) in [6.07, 6.45) is 2.34. The summed E-state index contributed by atoms with van der Waals surface area (Å²) in [6, 6.07) is 6.88. The van der Waals surface area contributed by atoms with E-state index in [-0.39, 0.29) is 6.04 Å². The second-order valence-electron chi connectivity index (χ2n) is 4.22. The molecular weight excluding hydrogens is 270 g/mol. The van der Waals surface area contributed by atoms with Crippen LogP contribution in [0.15, 0.2) is 29.2 Å². The molecule has 18 heavy (non-hydrogen) atoms. The zero-order chi connectivity index (χ0) is 13.6. The van der Waals surface area contributed by atoms with Gasteiger partial charge in [0.05, 0.1) is 4.90 Å². The molecule has 1 N–H and O–H groups in total. The molecule has 0 unspecified atom stereocenters. The molecular formula is C13H20ClNO2S. The van der Waals surface area contributed by atoms with Gasteiger partial charge in [-0.1, -0.05) is 26.0 Å². The minimum absolute atomic E-state index is 0.00230. The van der Waals surface area contributed by atoms with Gasteiger partial charge in [0.15, 0.2) is 0 Å². The average Bonchev–Trinajstić information content (AvgIpc) is 2.37. The van der Waals surface area contributed by atoms with Crippen LogP contribution in [-0.4, -0.2) is 20.3 Å². The smallest absolute Gasteiger partial charge is 0.208 e. The zero-order valence-corrected chi connectivity index (χ0v) is 12.4. The highest BCUT2D eigenvalue weighted by Crippen LogP contribution is 2.13. The lowest BCUT2D eigenvalue weighted by Gasteiger charge is -2.15. The highest BCUT2D eigenvalue weighted by atomic mass is 35.5. The first kappa shape index (κ1) is 15.5. The van der Waals surface area contributed by atoms with E-state index in [1.54, 1.807) is 12.1 Å². The van der Waals surface area contributed by atoms with E-state index in [1.165, 1.54) is 0 Å². The van der Waals surface area contributed by atoms with Gasteiger partial charge in [0.2, 0.25) is 10.0 Å². The molecule has 0 atom stereocenters. The molecule has 102 valence electrons. The molecule has 0 heterocycles. The third-order valence-corrected chi connectivity index (χ3v) is 4.65. The van der Waals surface area contributed by atoms with Gasteiger partial charge >= 0.3 is 0 Å². The first-order chi connectivity index (χ1) is 8.53. The van der Waals surface area contributed by atoms with Crippen LogP contribution in [0.4, 0.5) is 0 Å². The van der Waals surface area contributed by atoms with E-state index in [0.29, 0.717) is 10.8 Å². The van der Waals surface area contributed by atoms with Crippen molar-refractivity contribution in [3.8, 4) is 0 Å². The normalized spacial score (nSPS) is 12.0. The minimum atomic E-state index is -3.40. The molecule has 0 spiro atoms. The van der Waals surface area contributed by atoms with Crippen molar-refractivity contribution in [2.75, 3.05) is 5.88 Å². The number of nitrogens with one attached hydrogen (secondary N) is 1. The third kappa shape index (κ3) is 4.26. The van der Waals surface area contributed by atoms with Crippen molar-refractivity contribution in [2.24, 2.45) is 0 Å². The average molecular weight is 290 g/mol. The molecule has 0 bridgehead atoms. The summed E-state index contributed by atoms with van der Waals surface area (Å²) in [5.41, 5.74) is 1.05. The van der Waals surface area contributed by atoms with E-state index < -0.39 is 10.0 Å². The van der Waals surface area contributed by atoms with Gasteiger partial charge in [-0.05, 0) is 37.0 Å². The molecule has 0 radical (unpaired) electrons. The lowest BCUT2D eigenvalue weighted by Crippen LogP contribution is -2.33. The molecule has 0 aliphatic heterocycles. The van der Waals surface area contributed by atoms with E-state index in [0.717, 1.165) is 24.8 Å². The maximum atomic E-state index is 12.1. The first-order valence-corrected chi connectivity index (χ1v) is 8.22. The Balaban J connectivity index is 2.84. The van der Waals surface area contributed by atoms with E-state index in [2.05, 4.69) is 4.72 Å². The lowest BCUT2D eigenvalue weighted by molar-refractivity contribution is 0.530. The number of alkyl halides is 1. The predicted molar refractivity (Wildman–Crippen MR) is 75.6 cm³/mol. The summed E-state index contributed by atoms with van der Waals surface area (Å²) in [5, 5.41) is 0. The molecule has 1 aromatic carbocycles. The lowest BCUT2D eigenvalue weighted by atomic mass is 10.2. The molecule has 0 fully saturated rings. The quantitative estimate of drug-likeness (QED) is 0.785. The van der Waals surface area contributed by atoms with Gasteiger partial charge < -0.3 is 0 Å². The van der Waals surface area contributed by atoms with Crippen LogP contribution in [-0.2, 0) is 16.4 Å².